The number of carbonyl (C=O) groups is 1. The molecule has 0 bridgehead atoms. The number of nitrogens with zero attached hydrogens (tertiary/aromatic N) is 1. The quantitative estimate of drug-likeness (QED) is 0.848. The van der Waals surface area contributed by atoms with E-state index in [0.717, 1.165) is 28.9 Å². The Hall–Kier alpha value is -2.56. The molecule has 0 aromatic heterocycles. The van der Waals surface area contributed by atoms with Crippen molar-refractivity contribution in [3.05, 3.63) is 52.8 Å². The monoisotopic (exact) mass is 288 g/mol. The number of nitrogens with two attached hydrogens (primary N) is 1. The summed E-state index contributed by atoms with van der Waals surface area (Å²) in [5.41, 5.74) is 9.12. The van der Waals surface area contributed by atoms with E-state index in [2.05, 4.69) is 0 Å². The Morgan fingerprint density at radius 2 is 1.71 bits per heavy atom. The van der Waals surface area contributed by atoms with E-state index in [1.54, 1.807) is 11.9 Å². The molecule has 0 fully saturated rings. The summed E-state index contributed by atoms with van der Waals surface area (Å²) in [7, 11) is 1.76. The maximum Gasteiger partial charge on any atom is 0.338 e. The first-order valence-electron chi connectivity index (χ1n) is 6.44. The van der Waals surface area contributed by atoms with Gasteiger partial charge in [-0.15, -0.1) is 0 Å². The molecule has 5 heteroatoms. The molecular weight excluding hydrogens is 271 g/mol. The van der Waals surface area contributed by atoms with Crippen LogP contribution in [0.1, 0.15) is 21.5 Å². The highest BCUT2D eigenvalue weighted by Gasteiger charge is 2.16. The van der Waals surface area contributed by atoms with Gasteiger partial charge in [0.05, 0.1) is 16.9 Å². The third kappa shape index (κ3) is 2.97. The van der Waals surface area contributed by atoms with Crippen molar-refractivity contribution < 1.29 is 14.3 Å². The number of carboxylic acids is 1. The van der Waals surface area contributed by atoms with Gasteiger partial charge in [-0.3, -0.25) is 0 Å². The van der Waals surface area contributed by atoms with E-state index in [-0.39, 0.29) is 5.69 Å². The highest BCUT2D eigenvalue weighted by Crippen LogP contribution is 2.32. The average molecular weight is 288 g/mol. The van der Waals surface area contributed by atoms with Gasteiger partial charge in [0.2, 0.25) is 0 Å². The van der Waals surface area contributed by atoms with Crippen molar-refractivity contribution in [3.8, 4) is 0 Å². The van der Waals surface area contributed by atoms with Crippen molar-refractivity contribution in [2.24, 2.45) is 0 Å². The smallest absolute Gasteiger partial charge is 0.338 e. The molecule has 110 valence electrons. The largest absolute Gasteiger partial charge is 0.478 e. The van der Waals surface area contributed by atoms with Gasteiger partial charge in [-0.25, -0.2) is 9.18 Å². The van der Waals surface area contributed by atoms with Gasteiger partial charge in [0.1, 0.15) is 5.82 Å². The lowest BCUT2D eigenvalue weighted by Gasteiger charge is -2.22. The summed E-state index contributed by atoms with van der Waals surface area (Å²) in [5, 5.41) is 8.90. The molecule has 0 amide bonds. The van der Waals surface area contributed by atoms with Gasteiger partial charge in [-0.05, 0) is 43.2 Å². The molecule has 4 nitrogen and oxygen atoms in total. The van der Waals surface area contributed by atoms with Crippen molar-refractivity contribution >= 4 is 23.0 Å². The normalized spacial score (nSPS) is 10.5. The van der Waals surface area contributed by atoms with Crippen LogP contribution < -0.4 is 10.6 Å². The average Bonchev–Trinajstić information content (AvgIpc) is 2.38. The highest BCUT2D eigenvalue weighted by molar-refractivity contribution is 5.91. The molecule has 2 aromatic carbocycles. The first-order chi connectivity index (χ1) is 9.79. The molecular formula is C16H17FN2O2. The van der Waals surface area contributed by atoms with Crippen molar-refractivity contribution in [2.75, 3.05) is 17.7 Å². The van der Waals surface area contributed by atoms with Gasteiger partial charge in [0.15, 0.2) is 0 Å². The molecule has 3 N–H and O–H groups in total. The summed E-state index contributed by atoms with van der Waals surface area (Å²) in [6.07, 6.45) is 0. The fourth-order valence-corrected chi connectivity index (χ4v) is 2.32. The Kier molecular flexibility index (Phi) is 3.84. The maximum absolute atomic E-state index is 13.9. The minimum atomic E-state index is -1.33. The zero-order chi connectivity index (χ0) is 15.7. The van der Waals surface area contributed by atoms with Crippen molar-refractivity contribution in [1.29, 1.82) is 0 Å². The molecule has 0 radical (unpaired) electrons. The number of aromatic carboxylic acids is 1. The van der Waals surface area contributed by atoms with Crippen LogP contribution in [0.4, 0.5) is 21.5 Å². The summed E-state index contributed by atoms with van der Waals surface area (Å²) >= 11 is 0. The molecule has 0 saturated carbocycles. The highest BCUT2D eigenvalue weighted by atomic mass is 19.1. The minimum Gasteiger partial charge on any atom is -0.478 e. The van der Waals surface area contributed by atoms with E-state index in [1.165, 1.54) is 0 Å². The Morgan fingerprint density at radius 3 is 2.24 bits per heavy atom. The Bertz CT molecular complexity index is 693. The maximum atomic E-state index is 13.9. The van der Waals surface area contributed by atoms with E-state index >= 15 is 0 Å². The molecule has 21 heavy (non-hydrogen) atoms. The predicted molar refractivity (Wildman–Crippen MR) is 81.8 cm³/mol. The van der Waals surface area contributed by atoms with Gasteiger partial charge in [0, 0.05) is 18.8 Å². The molecule has 0 aliphatic heterocycles. The molecule has 0 aliphatic carbocycles. The first-order valence-corrected chi connectivity index (χ1v) is 6.44. The molecule has 0 heterocycles. The van der Waals surface area contributed by atoms with Crippen LogP contribution in [0.5, 0.6) is 0 Å². The third-order valence-electron chi connectivity index (χ3n) is 3.30. The van der Waals surface area contributed by atoms with E-state index in [0.29, 0.717) is 5.69 Å². The van der Waals surface area contributed by atoms with Crippen LogP contribution in [-0.2, 0) is 0 Å². The van der Waals surface area contributed by atoms with Gasteiger partial charge in [-0.1, -0.05) is 6.07 Å². The fraction of sp³-hybridized carbons (Fsp3) is 0.188. The second-order valence-electron chi connectivity index (χ2n) is 5.10. The number of aryl methyl sites for hydroxylation is 2. The Balaban J connectivity index is 2.50. The summed E-state index contributed by atoms with van der Waals surface area (Å²) in [5.74, 6) is -2.14. The van der Waals surface area contributed by atoms with Gasteiger partial charge >= 0.3 is 5.97 Å². The topological polar surface area (TPSA) is 66.6 Å². The van der Waals surface area contributed by atoms with Crippen LogP contribution in [-0.4, -0.2) is 18.1 Å². The number of nitrogen functional groups attached to an aromatic ring is 1. The lowest BCUT2D eigenvalue weighted by Crippen LogP contribution is -2.14. The molecule has 0 aliphatic rings. The van der Waals surface area contributed by atoms with Crippen LogP contribution in [0.25, 0.3) is 0 Å². The van der Waals surface area contributed by atoms with E-state index in [1.807, 2.05) is 32.0 Å². The zero-order valence-corrected chi connectivity index (χ0v) is 12.1. The summed E-state index contributed by atoms with van der Waals surface area (Å²) in [4.78, 5) is 12.6. The number of halogens is 1. The van der Waals surface area contributed by atoms with Gasteiger partial charge < -0.3 is 15.7 Å². The molecule has 0 spiro atoms. The van der Waals surface area contributed by atoms with Crippen LogP contribution in [0, 0.1) is 19.7 Å². The number of carboxylic acid groups (broad SMARTS) is 1. The predicted octanol–water partition coefficient (Wildman–Crippen LogP) is 3.49. The fourth-order valence-electron chi connectivity index (χ4n) is 2.32. The number of rotatable bonds is 3. The van der Waals surface area contributed by atoms with Crippen LogP contribution in [0.3, 0.4) is 0 Å². The van der Waals surface area contributed by atoms with Crippen LogP contribution in [0.15, 0.2) is 30.3 Å². The van der Waals surface area contributed by atoms with Crippen LogP contribution in [0.2, 0.25) is 0 Å². The number of hydrogen-bond donors (Lipinski definition) is 2. The van der Waals surface area contributed by atoms with E-state index in [4.69, 9.17) is 10.8 Å². The number of hydrogen-bond acceptors (Lipinski definition) is 3. The van der Waals surface area contributed by atoms with E-state index < -0.39 is 17.3 Å². The lowest BCUT2D eigenvalue weighted by atomic mass is 10.1. The second kappa shape index (κ2) is 5.44. The van der Waals surface area contributed by atoms with Crippen LogP contribution >= 0.6 is 0 Å². The Labute approximate surface area is 122 Å². The summed E-state index contributed by atoms with van der Waals surface area (Å²) < 4.78 is 13.9. The minimum absolute atomic E-state index is 0.218. The molecule has 2 rings (SSSR count). The third-order valence-corrected chi connectivity index (χ3v) is 3.30. The van der Waals surface area contributed by atoms with Crippen molar-refractivity contribution in [2.45, 2.75) is 13.8 Å². The van der Waals surface area contributed by atoms with E-state index in [9.17, 15) is 9.18 Å². The van der Waals surface area contributed by atoms with Gasteiger partial charge in [-0.2, -0.15) is 0 Å². The first kappa shape index (κ1) is 14.8. The SMILES string of the molecule is Cc1cc(C)cc(N(C)c2cc(F)c(C(=O)O)cc2N)c1. The number of benzene rings is 2. The second-order valence-corrected chi connectivity index (χ2v) is 5.10. The standard InChI is InChI=1S/C16H17FN2O2/c1-9-4-10(2)6-11(5-9)19(3)15-8-13(17)12(16(20)21)7-14(15)18/h4-8H,18H2,1-3H3,(H,20,21). The number of anilines is 3. The summed E-state index contributed by atoms with van der Waals surface area (Å²) in [6.45, 7) is 3.95. The molecule has 0 saturated heterocycles. The molecule has 0 atom stereocenters. The molecule has 2 aromatic rings. The summed E-state index contributed by atoms with van der Waals surface area (Å²) in [6, 6.07) is 8.24. The van der Waals surface area contributed by atoms with Gasteiger partial charge in [0.25, 0.3) is 0 Å². The van der Waals surface area contributed by atoms with Crippen molar-refractivity contribution in [1.82, 2.24) is 0 Å². The van der Waals surface area contributed by atoms with Crippen molar-refractivity contribution in [3.63, 3.8) is 0 Å². The Morgan fingerprint density at radius 1 is 1.14 bits per heavy atom. The zero-order valence-electron chi connectivity index (χ0n) is 12.1. The lowest BCUT2D eigenvalue weighted by molar-refractivity contribution is 0.0692. The molecule has 0 unspecified atom stereocenters.